The van der Waals surface area contributed by atoms with Crippen molar-refractivity contribution in [1.29, 1.82) is 0 Å². The average Bonchev–Trinajstić information content (AvgIpc) is 3.11. The topological polar surface area (TPSA) is 73.8 Å². The lowest BCUT2D eigenvalue weighted by Crippen LogP contribution is -2.54. The molecule has 0 N–H and O–H groups in total. The molecule has 0 saturated carbocycles. The molecule has 3 aromatic carbocycles. The maximum atomic E-state index is 13.8. The molecule has 10 heteroatoms. The highest BCUT2D eigenvalue weighted by Gasteiger charge is 2.39. The highest BCUT2D eigenvalue weighted by molar-refractivity contribution is 6.01. The second kappa shape index (κ2) is 13.3. The Kier molecular flexibility index (Phi) is 8.99. The summed E-state index contributed by atoms with van der Waals surface area (Å²) >= 11 is 0. The molecular weight excluding hydrogens is 593 g/mol. The lowest BCUT2D eigenvalue weighted by molar-refractivity contribution is -0.0885. The Balaban J connectivity index is 1.06. The highest BCUT2D eigenvalue weighted by Crippen LogP contribution is 2.27. The molecule has 2 aliphatic rings. The van der Waals surface area contributed by atoms with E-state index in [0.29, 0.717) is 31.7 Å². The maximum absolute atomic E-state index is 13.8. The van der Waals surface area contributed by atoms with Crippen molar-refractivity contribution in [2.45, 2.75) is 25.1 Å². The first kappa shape index (κ1) is 31.2. The zero-order chi connectivity index (χ0) is 32.3. The standard InChI is InChI=1S/C36H33F3N4O3/c37-36(38,39)33(44)27-11-13-28(14-12-27)34(45)42-17-15-30(16-18-42)41-19-21-43(22-20-41)35(46)29-23-31(25-7-3-1-4-8-25)40-32(24-29)26-9-5-2-6-10-26/h1-14,23-24,30H,15-22H2. The van der Waals surface area contributed by atoms with Gasteiger partial charge in [-0.3, -0.25) is 19.3 Å². The number of halogens is 3. The van der Waals surface area contributed by atoms with Crippen molar-refractivity contribution >= 4 is 17.6 Å². The minimum atomic E-state index is -4.96. The summed E-state index contributed by atoms with van der Waals surface area (Å²) in [4.78, 5) is 49.1. The van der Waals surface area contributed by atoms with Crippen LogP contribution in [-0.4, -0.2) is 88.8 Å². The number of piperidine rings is 1. The summed E-state index contributed by atoms with van der Waals surface area (Å²) in [7, 11) is 0. The third kappa shape index (κ3) is 6.87. The molecule has 2 saturated heterocycles. The van der Waals surface area contributed by atoms with Crippen molar-refractivity contribution in [1.82, 2.24) is 19.7 Å². The molecule has 7 nitrogen and oxygen atoms in total. The van der Waals surface area contributed by atoms with Crippen molar-refractivity contribution in [3.63, 3.8) is 0 Å². The Morgan fingerprint density at radius 1 is 0.587 bits per heavy atom. The van der Waals surface area contributed by atoms with Crippen LogP contribution in [-0.2, 0) is 0 Å². The van der Waals surface area contributed by atoms with Gasteiger partial charge in [0.15, 0.2) is 0 Å². The van der Waals surface area contributed by atoms with Gasteiger partial charge in [-0.15, -0.1) is 0 Å². The SMILES string of the molecule is O=C(c1ccc(C(=O)C(F)(F)F)cc1)N1CCC(N2CCN(C(=O)c3cc(-c4ccccc4)nc(-c4ccccc4)c3)CC2)CC1. The van der Waals surface area contributed by atoms with Gasteiger partial charge in [0.25, 0.3) is 17.6 Å². The van der Waals surface area contributed by atoms with E-state index in [4.69, 9.17) is 4.98 Å². The molecule has 2 fully saturated rings. The quantitative estimate of drug-likeness (QED) is 0.238. The Morgan fingerprint density at radius 3 is 1.54 bits per heavy atom. The Hall–Kier alpha value is -4.83. The molecule has 0 radical (unpaired) electrons. The van der Waals surface area contributed by atoms with Gasteiger partial charge >= 0.3 is 6.18 Å². The van der Waals surface area contributed by atoms with Crippen LogP contribution in [0.15, 0.2) is 97.1 Å². The number of carbonyl (C=O) groups is 3. The number of alkyl halides is 3. The van der Waals surface area contributed by atoms with Crippen LogP contribution in [0, 0.1) is 0 Å². The molecule has 0 spiro atoms. The number of likely N-dealkylation sites (tertiary alicyclic amines) is 1. The van der Waals surface area contributed by atoms with Crippen LogP contribution in [0.25, 0.3) is 22.5 Å². The van der Waals surface area contributed by atoms with E-state index in [1.165, 1.54) is 12.1 Å². The summed E-state index contributed by atoms with van der Waals surface area (Å²) in [6.07, 6.45) is -3.44. The number of benzene rings is 3. The van der Waals surface area contributed by atoms with E-state index in [1.54, 1.807) is 4.90 Å². The number of hydrogen-bond acceptors (Lipinski definition) is 5. The fraction of sp³-hybridized carbons (Fsp3) is 0.278. The fourth-order valence-corrected chi connectivity index (χ4v) is 6.18. The molecule has 0 unspecified atom stereocenters. The molecule has 1 aromatic heterocycles. The van der Waals surface area contributed by atoms with Crippen LogP contribution < -0.4 is 0 Å². The van der Waals surface area contributed by atoms with Gasteiger partial charge in [-0.05, 0) is 37.1 Å². The number of aromatic nitrogens is 1. The first-order valence-electron chi connectivity index (χ1n) is 15.3. The van der Waals surface area contributed by atoms with Gasteiger partial charge < -0.3 is 9.80 Å². The molecular formula is C36H33F3N4O3. The van der Waals surface area contributed by atoms with Crippen LogP contribution in [0.3, 0.4) is 0 Å². The van der Waals surface area contributed by atoms with Crippen LogP contribution in [0.4, 0.5) is 13.2 Å². The third-order valence-corrected chi connectivity index (χ3v) is 8.73. The normalized spacial score (nSPS) is 16.3. The zero-order valence-electron chi connectivity index (χ0n) is 25.1. The van der Waals surface area contributed by atoms with Crippen molar-refractivity contribution in [2.24, 2.45) is 0 Å². The lowest BCUT2D eigenvalue weighted by atomic mass is 10.0. The number of carbonyl (C=O) groups excluding carboxylic acids is 3. The van der Waals surface area contributed by atoms with Gasteiger partial charge in [-0.1, -0.05) is 72.8 Å². The summed E-state index contributed by atoms with van der Waals surface area (Å²) in [5.41, 5.74) is 3.75. The smallest absolute Gasteiger partial charge is 0.339 e. The first-order chi connectivity index (χ1) is 22.2. The average molecular weight is 627 g/mol. The van der Waals surface area contributed by atoms with Gasteiger partial charge in [0.2, 0.25) is 0 Å². The molecule has 0 atom stereocenters. The van der Waals surface area contributed by atoms with Gasteiger partial charge in [-0.25, -0.2) is 4.98 Å². The highest BCUT2D eigenvalue weighted by atomic mass is 19.4. The monoisotopic (exact) mass is 626 g/mol. The minimum Gasteiger partial charge on any atom is -0.339 e. The van der Waals surface area contributed by atoms with E-state index >= 15 is 0 Å². The number of pyridine rings is 1. The molecule has 0 bridgehead atoms. The molecule has 3 heterocycles. The molecule has 2 amide bonds. The van der Waals surface area contributed by atoms with Crippen molar-refractivity contribution in [3.05, 3.63) is 114 Å². The lowest BCUT2D eigenvalue weighted by Gasteiger charge is -2.42. The van der Waals surface area contributed by atoms with E-state index in [0.717, 1.165) is 60.6 Å². The van der Waals surface area contributed by atoms with E-state index in [9.17, 15) is 27.6 Å². The van der Waals surface area contributed by atoms with Crippen LogP contribution in [0.1, 0.15) is 43.9 Å². The third-order valence-electron chi connectivity index (χ3n) is 8.73. The maximum Gasteiger partial charge on any atom is 0.454 e. The molecule has 46 heavy (non-hydrogen) atoms. The second-order valence-corrected chi connectivity index (χ2v) is 11.6. The van der Waals surface area contributed by atoms with E-state index in [1.807, 2.05) is 77.7 Å². The van der Waals surface area contributed by atoms with Crippen molar-refractivity contribution < 1.29 is 27.6 Å². The predicted molar refractivity (Wildman–Crippen MR) is 168 cm³/mol. The first-order valence-corrected chi connectivity index (χ1v) is 15.3. The number of rotatable bonds is 6. The zero-order valence-corrected chi connectivity index (χ0v) is 25.1. The number of amides is 2. The summed E-state index contributed by atoms with van der Waals surface area (Å²) < 4.78 is 38.1. The Bertz CT molecular complexity index is 1640. The van der Waals surface area contributed by atoms with Crippen molar-refractivity contribution in [2.75, 3.05) is 39.3 Å². The van der Waals surface area contributed by atoms with Crippen LogP contribution in [0.2, 0.25) is 0 Å². The summed E-state index contributed by atoms with van der Waals surface area (Å²) in [5, 5.41) is 0. The summed E-state index contributed by atoms with van der Waals surface area (Å²) in [6, 6.07) is 28.3. The number of piperazine rings is 1. The van der Waals surface area contributed by atoms with E-state index in [-0.39, 0.29) is 23.4 Å². The predicted octanol–water partition coefficient (Wildman–Crippen LogP) is 6.22. The number of ketones is 1. The van der Waals surface area contributed by atoms with Crippen LogP contribution in [0.5, 0.6) is 0 Å². The van der Waals surface area contributed by atoms with Gasteiger partial charge in [-0.2, -0.15) is 13.2 Å². The van der Waals surface area contributed by atoms with Gasteiger partial charge in [0.1, 0.15) is 0 Å². The molecule has 6 rings (SSSR count). The minimum absolute atomic E-state index is 0.0280. The van der Waals surface area contributed by atoms with Gasteiger partial charge in [0.05, 0.1) is 11.4 Å². The molecule has 2 aliphatic heterocycles. The van der Waals surface area contributed by atoms with Crippen LogP contribution >= 0.6 is 0 Å². The van der Waals surface area contributed by atoms with Crippen molar-refractivity contribution in [3.8, 4) is 22.5 Å². The molecule has 236 valence electrons. The second-order valence-electron chi connectivity index (χ2n) is 11.6. The number of Topliss-reactive ketones (excluding diaryl/α,β-unsaturated/α-hetero) is 1. The number of nitrogens with zero attached hydrogens (tertiary/aromatic N) is 4. The van der Waals surface area contributed by atoms with Gasteiger partial charge in [0, 0.05) is 73.1 Å². The number of hydrogen-bond donors (Lipinski definition) is 0. The Morgan fingerprint density at radius 2 is 1.04 bits per heavy atom. The Labute approximate surface area is 265 Å². The van der Waals surface area contributed by atoms with E-state index in [2.05, 4.69) is 4.90 Å². The summed E-state index contributed by atoms with van der Waals surface area (Å²) in [6.45, 7) is 3.67. The molecule has 0 aliphatic carbocycles. The van der Waals surface area contributed by atoms with E-state index < -0.39 is 17.5 Å². The fourth-order valence-electron chi connectivity index (χ4n) is 6.18. The summed E-state index contributed by atoms with van der Waals surface area (Å²) in [5.74, 6) is -2.22. The largest absolute Gasteiger partial charge is 0.454 e. The molecule has 4 aromatic rings.